The van der Waals surface area contributed by atoms with Gasteiger partial charge in [0.2, 0.25) is 0 Å². The van der Waals surface area contributed by atoms with Crippen LogP contribution in [0.25, 0.3) is 16.7 Å². The molecule has 138 valence electrons. The van der Waals surface area contributed by atoms with E-state index in [0.717, 1.165) is 35.7 Å². The zero-order valence-corrected chi connectivity index (χ0v) is 16.1. The van der Waals surface area contributed by atoms with E-state index >= 15 is 0 Å². The fourth-order valence-electron chi connectivity index (χ4n) is 3.60. The Bertz CT molecular complexity index is 815. The largest absolute Gasteiger partial charge is 0.364 e. The van der Waals surface area contributed by atoms with Crippen LogP contribution in [-0.2, 0) is 0 Å². The SMILES string of the molecule is C=C/C=C(\C=C(/N(C)C)N1CCCC(CC)C1)n1nnc2ccccc21. The summed E-state index contributed by atoms with van der Waals surface area (Å²) in [5.74, 6) is 1.97. The molecular weight excluding hydrogens is 322 g/mol. The van der Waals surface area contributed by atoms with Crippen LogP contribution in [0.15, 0.2) is 54.9 Å². The smallest absolute Gasteiger partial charge is 0.113 e. The third-order valence-electron chi connectivity index (χ3n) is 5.04. The molecule has 1 aromatic carbocycles. The quantitative estimate of drug-likeness (QED) is 0.738. The third kappa shape index (κ3) is 3.82. The number of benzene rings is 1. The van der Waals surface area contributed by atoms with E-state index in [1.165, 1.54) is 25.1 Å². The van der Waals surface area contributed by atoms with Crippen molar-refractivity contribution in [2.75, 3.05) is 27.2 Å². The van der Waals surface area contributed by atoms with Gasteiger partial charge in [0.25, 0.3) is 0 Å². The average molecular weight is 351 g/mol. The summed E-state index contributed by atoms with van der Waals surface area (Å²) in [5.41, 5.74) is 2.86. The van der Waals surface area contributed by atoms with Gasteiger partial charge in [0, 0.05) is 33.3 Å². The molecule has 3 rings (SSSR count). The summed E-state index contributed by atoms with van der Waals surface area (Å²) in [6, 6.07) is 8.03. The van der Waals surface area contributed by atoms with Crippen molar-refractivity contribution in [3.05, 3.63) is 54.9 Å². The van der Waals surface area contributed by atoms with Crippen molar-refractivity contribution >= 4 is 16.7 Å². The van der Waals surface area contributed by atoms with Crippen molar-refractivity contribution in [2.24, 2.45) is 5.92 Å². The van der Waals surface area contributed by atoms with Gasteiger partial charge in [0.05, 0.1) is 11.2 Å². The molecule has 26 heavy (non-hydrogen) atoms. The number of para-hydroxylation sites is 1. The van der Waals surface area contributed by atoms with Gasteiger partial charge in [-0.1, -0.05) is 43.3 Å². The van der Waals surface area contributed by atoms with Crippen LogP contribution >= 0.6 is 0 Å². The van der Waals surface area contributed by atoms with Gasteiger partial charge in [-0.25, -0.2) is 4.68 Å². The number of nitrogens with zero attached hydrogens (tertiary/aromatic N) is 5. The fourth-order valence-corrected chi connectivity index (χ4v) is 3.60. The highest BCUT2D eigenvalue weighted by Crippen LogP contribution is 2.25. The van der Waals surface area contributed by atoms with E-state index < -0.39 is 0 Å². The van der Waals surface area contributed by atoms with Crippen molar-refractivity contribution in [1.82, 2.24) is 24.8 Å². The van der Waals surface area contributed by atoms with E-state index in [2.05, 4.69) is 53.8 Å². The predicted octanol–water partition coefficient (Wildman–Crippen LogP) is 3.98. The number of hydrogen-bond acceptors (Lipinski definition) is 4. The fraction of sp³-hybridized carbons (Fsp3) is 0.429. The van der Waals surface area contributed by atoms with E-state index in [1.54, 1.807) is 6.08 Å². The number of piperidine rings is 1. The second-order valence-corrected chi connectivity index (χ2v) is 7.08. The van der Waals surface area contributed by atoms with Crippen molar-refractivity contribution in [3.63, 3.8) is 0 Å². The van der Waals surface area contributed by atoms with Gasteiger partial charge in [-0.3, -0.25) is 0 Å². The molecule has 1 aliphatic rings. The predicted molar refractivity (Wildman–Crippen MR) is 108 cm³/mol. The number of allylic oxidation sites excluding steroid dienone is 4. The minimum Gasteiger partial charge on any atom is -0.364 e. The standard InChI is InChI=1S/C21H29N5/c1-5-10-18(26-20-13-8-7-12-19(20)22-23-26)15-21(24(3)4)25-14-9-11-17(6-2)16-25/h5,7-8,10,12-13,15,17H,1,6,9,11,14,16H2,2-4H3/b18-10+,21-15+. The Morgan fingerprint density at radius 3 is 2.88 bits per heavy atom. The molecular formula is C21H29N5. The molecule has 1 atom stereocenters. The van der Waals surface area contributed by atoms with E-state index in [1.807, 2.05) is 35.0 Å². The lowest BCUT2D eigenvalue weighted by Gasteiger charge is -2.38. The van der Waals surface area contributed by atoms with Crippen molar-refractivity contribution in [1.29, 1.82) is 0 Å². The number of aromatic nitrogens is 3. The molecule has 1 fully saturated rings. The lowest BCUT2D eigenvalue weighted by molar-refractivity contribution is 0.172. The summed E-state index contributed by atoms with van der Waals surface area (Å²) < 4.78 is 1.89. The molecule has 0 bridgehead atoms. The molecule has 1 unspecified atom stereocenters. The molecule has 0 amide bonds. The summed E-state index contributed by atoms with van der Waals surface area (Å²) in [7, 11) is 4.21. The maximum Gasteiger partial charge on any atom is 0.113 e. The summed E-state index contributed by atoms with van der Waals surface area (Å²) in [4.78, 5) is 4.68. The van der Waals surface area contributed by atoms with Crippen LogP contribution in [0.2, 0.25) is 0 Å². The summed E-state index contributed by atoms with van der Waals surface area (Å²) in [5, 5.41) is 8.67. The van der Waals surface area contributed by atoms with Gasteiger partial charge >= 0.3 is 0 Å². The van der Waals surface area contributed by atoms with E-state index in [-0.39, 0.29) is 0 Å². The van der Waals surface area contributed by atoms with Crippen LogP contribution in [0.4, 0.5) is 0 Å². The topological polar surface area (TPSA) is 37.2 Å². The highest BCUT2D eigenvalue weighted by molar-refractivity contribution is 5.79. The number of likely N-dealkylation sites (tertiary alicyclic amines) is 1. The summed E-state index contributed by atoms with van der Waals surface area (Å²) in [6.07, 6.45) is 9.81. The first-order valence-electron chi connectivity index (χ1n) is 9.41. The maximum absolute atomic E-state index is 4.37. The first-order valence-corrected chi connectivity index (χ1v) is 9.41. The molecule has 0 spiro atoms. The molecule has 1 aromatic heterocycles. The van der Waals surface area contributed by atoms with E-state index in [9.17, 15) is 0 Å². The number of hydrogen-bond donors (Lipinski definition) is 0. The Labute approximate surface area is 156 Å². The lowest BCUT2D eigenvalue weighted by atomic mass is 9.95. The Hall–Kier alpha value is -2.56. The third-order valence-corrected chi connectivity index (χ3v) is 5.04. The monoisotopic (exact) mass is 351 g/mol. The molecule has 5 heteroatoms. The normalized spacial score (nSPS) is 19.0. The Kier molecular flexibility index (Phi) is 5.76. The molecule has 5 nitrogen and oxygen atoms in total. The summed E-state index contributed by atoms with van der Waals surface area (Å²) in [6.45, 7) is 8.38. The van der Waals surface area contributed by atoms with Gasteiger partial charge in [-0.2, -0.15) is 0 Å². The number of fused-ring (bicyclic) bond motifs is 1. The molecule has 1 saturated heterocycles. The van der Waals surface area contributed by atoms with Crippen LogP contribution in [0.1, 0.15) is 26.2 Å². The van der Waals surface area contributed by atoms with Crippen LogP contribution in [0.3, 0.4) is 0 Å². The first-order chi connectivity index (χ1) is 12.6. The van der Waals surface area contributed by atoms with Gasteiger partial charge < -0.3 is 9.80 Å². The zero-order chi connectivity index (χ0) is 18.5. The van der Waals surface area contributed by atoms with Crippen molar-refractivity contribution in [2.45, 2.75) is 26.2 Å². The molecule has 1 aliphatic heterocycles. The second-order valence-electron chi connectivity index (χ2n) is 7.08. The first kappa shape index (κ1) is 18.2. The van der Waals surface area contributed by atoms with Crippen LogP contribution in [-0.4, -0.2) is 52.0 Å². The van der Waals surface area contributed by atoms with E-state index in [0.29, 0.717) is 0 Å². The highest BCUT2D eigenvalue weighted by atomic mass is 15.4. The van der Waals surface area contributed by atoms with E-state index in [4.69, 9.17) is 0 Å². The van der Waals surface area contributed by atoms with Crippen molar-refractivity contribution in [3.8, 4) is 0 Å². The zero-order valence-electron chi connectivity index (χ0n) is 16.1. The minimum atomic E-state index is 0.770. The molecule has 2 heterocycles. The number of rotatable bonds is 6. The summed E-state index contributed by atoms with van der Waals surface area (Å²) >= 11 is 0. The molecule has 2 aromatic rings. The minimum absolute atomic E-state index is 0.770. The molecule has 0 saturated carbocycles. The van der Waals surface area contributed by atoms with Gasteiger partial charge in [-0.05, 0) is 37.0 Å². The van der Waals surface area contributed by atoms with Crippen LogP contribution in [0, 0.1) is 5.92 Å². The Balaban J connectivity index is 2.00. The molecule has 0 N–H and O–H groups in total. The maximum atomic E-state index is 4.37. The van der Waals surface area contributed by atoms with Gasteiger partial charge in [-0.15, -0.1) is 5.10 Å². The van der Waals surface area contributed by atoms with Crippen LogP contribution < -0.4 is 0 Å². The second kappa shape index (κ2) is 8.21. The average Bonchev–Trinajstić information content (AvgIpc) is 3.09. The Morgan fingerprint density at radius 2 is 2.15 bits per heavy atom. The van der Waals surface area contributed by atoms with Crippen molar-refractivity contribution < 1.29 is 0 Å². The van der Waals surface area contributed by atoms with Gasteiger partial charge in [0.15, 0.2) is 0 Å². The van der Waals surface area contributed by atoms with Gasteiger partial charge in [0.1, 0.15) is 11.3 Å². The lowest BCUT2D eigenvalue weighted by Crippen LogP contribution is -2.39. The Morgan fingerprint density at radius 1 is 1.35 bits per heavy atom. The molecule has 0 radical (unpaired) electrons. The molecule has 0 aliphatic carbocycles. The van der Waals surface area contributed by atoms with Crippen LogP contribution in [0.5, 0.6) is 0 Å². The highest BCUT2D eigenvalue weighted by Gasteiger charge is 2.22.